The maximum atomic E-state index is 13.0. The molecule has 1 atom stereocenters. The van der Waals surface area contributed by atoms with E-state index in [-0.39, 0.29) is 30.0 Å². The molecule has 0 aliphatic heterocycles. The summed E-state index contributed by atoms with van der Waals surface area (Å²) in [7, 11) is 1.71. The van der Waals surface area contributed by atoms with Crippen molar-refractivity contribution in [1.82, 2.24) is 4.90 Å². The van der Waals surface area contributed by atoms with E-state index < -0.39 is 0 Å². The van der Waals surface area contributed by atoms with E-state index in [4.69, 9.17) is 4.74 Å². The van der Waals surface area contributed by atoms with Gasteiger partial charge in [0.15, 0.2) is 0 Å². The van der Waals surface area contributed by atoms with Crippen molar-refractivity contribution in [2.75, 3.05) is 13.7 Å². The zero-order chi connectivity index (χ0) is 16.0. The standard InChI is InChI=1S/C17H24FNO2/c1-6-7-14(13-8-10-15(18)11-9-13)12-21-16(20)19(5)17(2,3)4/h6,8-11,14H,1,7,12H2,2-5H3/t14-/m1/s1. The van der Waals surface area contributed by atoms with E-state index in [1.807, 2.05) is 20.8 Å². The summed E-state index contributed by atoms with van der Waals surface area (Å²) in [6.07, 6.45) is 2.08. The number of hydrogen-bond acceptors (Lipinski definition) is 2. The first-order valence-electron chi connectivity index (χ1n) is 7.02. The minimum Gasteiger partial charge on any atom is -0.449 e. The van der Waals surface area contributed by atoms with Crippen LogP contribution in [0, 0.1) is 5.82 Å². The lowest BCUT2D eigenvalue weighted by atomic mass is 9.96. The average molecular weight is 293 g/mol. The quantitative estimate of drug-likeness (QED) is 0.755. The van der Waals surface area contributed by atoms with Crippen molar-refractivity contribution in [3.63, 3.8) is 0 Å². The van der Waals surface area contributed by atoms with Crippen molar-refractivity contribution in [1.29, 1.82) is 0 Å². The van der Waals surface area contributed by atoms with Crippen LogP contribution in [-0.4, -0.2) is 30.2 Å². The van der Waals surface area contributed by atoms with Crippen molar-refractivity contribution >= 4 is 6.09 Å². The fourth-order valence-corrected chi connectivity index (χ4v) is 1.78. The molecule has 0 N–H and O–H groups in total. The third kappa shape index (κ3) is 5.21. The predicted molar refractivity (Wildman–Crippen MR) is 82.8 cm³/mol. The Labute approximate surface area is 126 Å². The molecule has 0 aromatic heterocycles. The molecule has 1 aromatic carbocycles. The molecule has 0 radical (unpaired) electrons. The third-order valence-electron chi connectivity index (χ3n) is 3.48. The van der Waals surface area contributed by atoms with Gasteiger partial charge in [-0.2, -0.15) is 0 Å². The van der Waals surface area contributed by atoms with Crippen molar-refractivity contribution in [2.45, 2.75) is 38.6 Å². The van der Waals surface area contributed by atoms with Gasteiger partial charge in [0.05, 0.1) is 0 Å². The molecule has 0 aliphatic rings. The first-order valence-corrected chi connectivity index (χ1v) is 7.02. The van der Waals surface area contributed by atoms with E-state index in [2.05, 4.69) is 6.58 Å². The predicted octanol–water partition coefficient (Wildman–Crippen LogP) is 4.35. The first-order chi connectivity index (χ1) is 9.75. The molecule has 0 saturated heterocycles. The van der Waals surface area contributed by atoms with Gasteiger partial charge in [-0.25, -0.2) is 9.18 Å². The van der Waals surface area contributed by atoms with E-state index >= 15 is 0 Å². The van der Waals surface area contributed by atoms with Gasteiger partial charge in [0.2, 0.25) is 0 Å². The fraction of sp³-hybridized carbons (Fsp3) is 0.471. The summed E-state index contributed by atoms with van der Waals surface area (Å²) in [5.74, 6) is -0.291. The highest BCUT2D eigenvalue weighted by Crippen LogP contribution is 2.22. The first kappa shape index (κ1) is 17.2. The number of ether oxygens (including phenoxy) is 1. The van der Waals surface area contributed by atoms with Gasteiger partial charge in [0.1, 0.15) is 12.4 Å². The summed E-state index contributed by atoms with van der Waals surface area (Å²) in [6, 6.07) is 6.25. The van der Waals surface area contributed by atoms with Crippen LogP contribution < -0.4 is 0 Å². The third-order valence-corrected chi connectivity index (χ3v) is 3.48. The van der Waals surface area contributed by atoms with Crippen LogP contribution in [0.4, 0.5) is 9.18 Å². The largest absolute Gasteiger partial charge is 0.449 e. The highest BCUT2D eigenvalue weighted by molar-refractivity contribution is 5.68. The van der Waals surface area contributed by atoms with Crippen molar-refractivity contribution < 1.29 is 13.9 Å². The minimum atomic E-state index is -0.362. The van der Waals surface area contributed by atoms with E-state index in [0.29, 0.717) is 6.42 Å². The van der Waals surface area contributed by atoms with Gasteiger partial charge < -0.3 is 9.64 Å². The Bertz CT molecular complexity index is 477. The lowest BCUT2D eigenvalue weighted by Gasteiger charge is -2.31. The molecule has 0 heterocycles. The van der Waals surface area contributed by atoms with E-state index in [0.717, 1.165) is 5.56 Å². The molecule has 1 amide bonds. The van der Waals surface area contributed by atoms with Crippen LogP contribution >= 0.6 is 0 Å². The maximum Gasteiger partial charge on any atom is 0.409 e. The lowest BCUT2D eigenvalue weighted by molar-refractivity contribution is 0.0766. The average Bonchev–Trinajstić information content (AvgIpc) is 2.42. The van der Waals surface area contributed by atoms with Gasteiger partial charge in [0.25, 0.3) is 0 Å². The lowest BCUT2D eigenvalue weighted by Crippen LogP contribution is -2.43. The number of nitrogens with zero attached hydrogens (tertiary/aromatic N) is 1. The monoisotopic (exact) mass is 293 g/mol. The normalized spacial score (nSPS) is 12.6. The highest BCUT2D eigenvalue weighted by Gasteiger charge is 2.24. The smallest absolute Gasteiger partial charge is 0.409 e. The molecular weight excluding hydrogens is 269 g/mol. The SMILES string of the molecule is C=CC[C@H](COC(=O)N(C)C(C)(C)C)c1ccc(F)cc1. The molecular formula is C17H24FNO2. The summed E-state index contributed by atoms with van der Waals surface area (Å²) in [5.41, 5.74) is 0.642. The number of carbonyl (C=O) groups excluding carboxylic acids is 1. The van der Waals surface area contributed by atoms with Crippen LogP contribution in [0.3, 0.4) is 0 Å². The number of rotatable bonds is 5. The Morgan fingerprint density at radius 3 is 2.43 bits per heavy atom. The molecule has 0 fully saturated rings. The van der Waals surface area contributed by atoms with Crippen LogP contribution in [-0.2, 0) is 4.74 Å². The molecule has 116 valence electrons. The Balaban J connectivity index is 2.69. The van der Waals surface area contributed by atoms with Gasteiger partial charge in [-0.15, -0.1) is 6.58 Å². The second kappa shape index (κ2) is 7.25. The number of carbonyl (C=O) groups is 1. The molecule has 0 spiro atoms. The van der Waals surface area contributed by atoms with Crippen molar-refractivity contribution in [2.24, 2.45) is 0 Å². The fourth-order valence-electron chi connectivity index (χ4n) is 1.78. The summed E-state index contributed by atoms with van der Waals surface area (Å²) in [6.45, 7) is 9.79. The van der Waals surface area contributed by atoms with Crippen LogP contribution in [0.1, 0.15) is 38.7 Å². The molecule has 4 heteroatoms. The molecule has 3 nitrogen and oxygen atoms in total. The Hall–Kier alpha value is -1.84. The Morgan fingerprint density at radius 2 is 1.95 bits per heavy atom. The van der Waals surface area contributed by atoms with Crippen LogP contribution in [0.25, 0.3) is 0 Å². The van der Waals surface area contributed by atoms with Gasteiger partial charge in [0, 0.05) is 18.5 Å². The summed E-state index contributed by atoms with van der Waals surface area (Å²) in [4.78, 5) is 13.6. The molecule has 0 bridgehead atoms. The molecule has 0 saturated carbocycles. The van der Waals surface area contributed by atoms with E-state index in [9.17, 15) is 9.18 Å². The molecule has 21 heavy (non-hydrogen) atoms. The zero-order valence-corrected chi connectivity index (χ0v) is 13.2. The van der Waals surface area contributed by atoms with Crippen molar-refractivity contribution in [3.8, 4) is 0 Å². The number of allylic oxidation sites excluding steroid dienone is 1. The maximum absolute atomic E-state index is 13.0. The van der Waals surface area contributed by atoms with Crippen LogP contribution in [0.15, 0.2) is 36.9 Å². The van der Waals surface area contributed by atoms with Gasteiger partial charge in [-0.1, -0.05) is 18.2 Å². The second-order valence-corrected chi connectivity index (χ2v) is 6.08. The second-order valence-electron chi connectivity index (χ2n) is 6.08. The number of amides is 1. The molecule has 0 aliphatic carbocycles. The molecule has 1 aromatic rings. The molecule has 0 unspecified atom stereocenters. The van der Waals surface area contributed by atoms with Crippen LogP contribution in [0.5, 0.6) is 0 Å². The summed E-state index contributed by atoms with van der Waals surface area (Å²) < 4.78 is 18.3. The van der Waals surface area contributed by atoms with Crippen molar-refractivity contribution in [3.05, 3.63) is 48.3 Å². The van der Waals surface area contributed by atoms with Gasteiger partial charge in [-0.05, 0) is 44.9 Å². The summed E-state index contributed by atoms with van der Waals surface area (Å²) in [5, 5.41) is 0. The van der Waals surface area contributed by atoms with Gasteiger partial charge in [-0.3, -0.25) is 0 Å². The summed E-state index contributed by atoms with van der Waals surface area (Å²) >= 11 is 0. The highest BCUT2D eigenvalue weighted by atomic mass is 19.1. The topological polar surface area (TPSA) is 29.5 Å². The van der Waals surface area contributed by atoms with E-state index in [1.54, 1.807) is 30.2 Å². The van der Waals surface area contributed by atoms with Crippen LogP contribution in [0.2, 0.25) is 0 Å². The minimum absolute atomic E-state index is 0.0135. The number of hydrogen-bond donors (Lipinski definition) is 0. The number of benzene rings is 1. The van der Waals surface area contributed by atoms with Gasteiger partial charge >= 0.3 is 6.09 Å². The van der Waals surface area contributed by atoms with E-state index in [1.165, 1.54) is 12.1 Å². The molecule has 1 rings (SSSR count). The Kier molecular flexibility index (Phi) is 5.94. The number of halogens is 1. The zero-order valence-electron chi connectivity index (χ0n) is 13.2. The Morgan fingerprint density at radius 1 is 1.38 bits per heavy atom.